The number of nitrogens with one attached hydrogen (secondary N) is 1. The highest BCUT2D eigenvalue weighted by atomic mass is 16.1. The number of hydrogen-bond donors (Lipinski definition) is 1. The zero-order valence-electron chi connectivity index (χ0n) is 12.3. The van der Waals surface area contributed by atoms with Gasteiger partial charge in [-0.25, -0.2) is 9.67 Å². The smallest absolute Gasteiger partial charge is 0.280 e. The fraction of sp³-hybridized carbons (Fsp3) is 0.0588. The number of nitrogens with zero attached hydrogens (tertiary/aromatic N) is 3. The molecule has 0 saturated carbocycles. The summed E-state index contributed by atoms with van der Waals surface area (Å²) in [5, 5.41) is 11.7. The number of carbonyl (C=O) groups excluding carboxylic acids is 1. The number of pyridine rings is 1. The predicted molar refractivity (Wildman–Crippen MR) is 84.3 cm³/mol. The summed E-state index contributed by atoms with van der Waals surface area (Å²) in [6, 6.07) is 12.0. The van der Waals surface area contributed by atoms with E-state index < -0.39 is 0 Å². The molecule has 2 aromatic heterocycles. The van der Waals surface area contributed by atoms with Gasteiger partial charge in [0.25, 0.3) is 5.56 Å². The molecule has 1 N–H and O–H groups in total. The number of hydrogen-bond acceptors (Lipinski definition) is 4. The molecule has 0 radical (unpaired) electrons. The molecule has 0 aliphatic carbocycles. The summed E-state index contributed by atoms with van der Waals surface area (Å²) >= 11 is 0. The Hall–Kier alpha value is -3.46. The van der Waals surface area contributed by atoms with E-state index in [1.165, 1.54) is 17.8 Å². The number of carbonyl (C=O) groups is 1. The van der Waals surface area contributed by atoms with Gasteiger partial charge in [-0.3, -0.25) is 14.7 Å². The molecule has 2 heterocycles. The van der Waals surface area contributed by atoms with Gasteiger partial charge >= 0.3 is 0 Å². The maximum Gasteiger partial charge on any atom is 0.280 e. The predicted octanol–water partition coefficient (Wildman–Crippen LogP) is 2.30. The number of benzene rings is 1. The van der Waals surface area contributed by atoms with Crippen molar-refractivity contribution in [2.75, 3.05) is 0 Å². The average molecular weight is 304 g/mol. The monoisotopic (exact) mass is 304 g/mol. The third kappa shape index (κ3) is 2.68. The molecule has 0 saturated heterocycles. The van der Waals surface area contributed by atoms with Crippen molar-refractivity contribution in [1.82, 2.24) is 14.8 Å². The second kappa shape index (κ2) is 5.73. The van der Waals surface area contributed by atoms with Crippen molar-refractivity contribution in [3.05, 3.63) is 70.3 Å². The summed E-state index contributed by atoms with van der Waals surface area (Å²) in [6.07, 6.45) is 3.02. The molecule has 0 aliphatic rings. The summed E-state index contributed by atoms with van der Waals surface area (Å²) in [4.78, 5) is 27.9. The van der Waals surface area contributed by atoms with E-state index in [0.717, 1.165) is 0 Å². The van der Waals surface area contributed by atoms with Crippen LogP contribution in [0.25, 0.3) is 16.9 Å². The third-order valence-electron chi connectivity index (χ3n) is 3.48. The van der Waals surface area contributed by atoms with Crippen molar-refractivity contribution in [2.45, 2.75) is 6.92 Å². The van der Waals surface area contributed by atoms with E-state index in [4.69, 9.17) is 5.26 Å². The Morgan fingerprint density at radius 1 is 1.22 bits per heavy atom. The molecule has 0 aliphatic heterocycles. The molecule has 0 unspecified atom stereocenters. The van der Waals surface area contributed by atoms with Gasteiger partial charge in [-0.1, -0.05) is 12.1 Å². The first-order valence-corrected chi connectivity index (χ1v) is 6.88. The molecule has 6 nitrogen and oxygen atoms in total. The Morgan fingerprint density at radius 3 is 2.52 bits per heavy atom. The largest absolute Gasteiger partial charge is 0.296 e. The van der Waals surface area contributed by atoms with Crippen LogP contribution in [-0.4, -0.2) is 20.5 Å². The van der Waals surface area contributed by atoms with Crippen LogP contribution in [0.1, 0.15) is 22.8 Å². The number of Topliss-reactive ketones (excluding diaryl/α,β-unsaturated/α-hetero) is 1. The zero-order chi connectivity index (χ0) is 16.4. The normalized spacial score (nSPS) is 10.3. The molecule has 3 aromatic rings. The summed E-state index contributed by atoms with van der Waals surface area (Å²) in [6.45, 7) is 1.46. The molecular formula is C17H12N4O2. The van der Waals surface area contributed by atoms with Crippen molar-refractivity contribution >= 4 is 5.78 Å². The van der Waals surface area contributed by atoms with Crippen LogP contribution >= 0.6 is 0 Å². The van der Waals surface area contributed by atoms with Crippen molar-refractivity contribution < 1.29 is 4.79 Å². The number of aromatic amines is 1. The second-order valence-corrected chi connectivity index (χ2v) is 4.98. The summed E-state index contributed by atoms with van der Waals surface area (Å²) in [5.41, 5.74) is 1.96. The van der Waals surface area contributed by atoms with Crippen molar-refractivity contribution in [2.24, 2.45) is 0 Å². The number of aromatic nitrogens is 3. The molecule has 6 heteroatoms. The lowest BCUT2D eigenvalue weighted by molar-refractivity contribution is 0.101. The zero-order valence-corrected chi connectivity index (χ0v) is 12.3. The molecule has 3 rings (SSSR count). The SMILES string of the molecule is CC(=O)c1ccc(-n2[nH]cc(-c3ccc(C#N)cc3)c2=O)nc1. The molecule has 0 amide bonds. The van der Waals surface area contributed by atoms with Crippen LogP contribution in [0.3, 0.4) is 0 Å². The van der Waals surface area contributed by atoms with E-state index >= 15 is 0 Å². The Kier molecular flexibility index (Phi) is 3.61. The molecule has 0 spiro atoms. The van der Waals surface area contributed by atoms with Crippen molar-refractivity contribution in [3.63, 3.8) is 0 Å². The molecule has 23 heavy (non-hydrogen) atoms. The van der Waals surface area contributed by atoms with Crippen LogP contribution in [0.5, 0.6) is 0 Å². The molecule has 0 atom stereocenters. The van der Waals surface area contributed by atoms with E-state index in [2.05, 4.69) is 10.1 Å². The first-order chi connectivity index (χ1) is 11.1. The number of H-pyrrole nitrogens is 1. The highest BCUT2D eigenvalue weighted by Crippen LogP contribution is 2.16. The van der Waals surface area contributed by atoms with E-state index in [9.17, 15) is 9.59 Å². The van der Waals surface area contributed by atoms with Gasteiger partial charge in [0, 0.05) is 18.0 Å². The molecule has 112 valence electrons. The maximum absolute atomic E-state index is 12.5. The first kappa shape index (κ1) is 14.5. The lowest BCUT2D eigenvalue weighted by atomic mass is 10.1. The minimum Gasteiger partial charge on any atom is -0.296 e. The number of nitriles is 1. The van der Waals surface area contributed by atoms with Crippen LogP contribution in [0.2, 0.25) is 0 Å². The Bertz CT molecular complexity index is 958. The van der Waals surface area contributed by atoms with Gasteiger partial charge < -0.3 is 0 Å². The standard InChI is InChI=1S/C17H12N4O2/c1-11(22)14-6-7-16(19-9-14)21-17(23)15(10-20-21)13-4-2-12(8-18)3-5-13/h2-7,9-10,20H,1H3. The average Bonchev–Trinajstić information content (AvgIpc) is 2.96. The summed E-state index contributed by atoms with van der Waals surface area (Å²) in [7, 11) is 0. The summed E-state index contributed by atoms with van der Waals surface area (Å²) in [5.74, 6) is 0.320. The van der Waals surface area contributed by atoms with Crippen LogP contribution in [-0.2, 0) is 0 Å². The quantitative estimate of drug-likeness (QED) is 0.751. The summed E-state index contributed by atoms with van der Waals surface area (Å²) < 4.78 is 1.30. The van der Waals surface area contributed by atoms with Crippen LogP contribution in [0.15, 0.2) is 53.6 Å². The minimum absolute atomic E-state index is 0.0823. The van der Waals surface area contributed by atoms with E-state index in [1.807, 2.05) is 6.07 Å². The lowest BCUT2D eigenvalue weighted by Crippen LogP contribution is -2.17. The fourth-order valence-corrected chi connectivity index (χ4v) is 2.20. The van der Waals surface area contributed by atoms with E-state index in [-0.39, 0.29) is 11.3 Å². The Labute approximate surface area is 131 Å². The Morgan fingerprint density at radius 2 is 1.96 bits per heavy atom. The maximum atomic E-state index is 12.5. The van der Waals surface area contributed by atoms with Gasteiger partial charge in [0.2, 0.25) is 0 Å². The van der Waals surface area contributed by atoms with Crippen LogP contribution in [0, 0.1) is 11.3 Å². The lowest BCUT2D eigenvalue weighted by Gasteiger charge is -2.01. The fourth-order valence-electron chi connectivity index (χ4n) is 2.20. The van der Waals surface area contributed by atoms with Gasteiger partial charge in [0.05, 0.1) is 17.2 Å². The van der Waals surface area contributed by atoms with Gasteiger partial charge in [-0.2, -0.15) is 5.26 Å². The van der Waals surface area contributed by atoms with Crippen molar-refractivity contribution in [3.8, 4) is 23.0 Å². The molecule has 1 aromatic carbocycles. The van der Waals surface area contributed by atoms with Gasteiger partial charge in [0.1, 0.15) is 0 Å². The van der Waals surface area contributed by atoms with E-state index in [1.54, 1.807) is 42.6 Å². The highest BCUT2D eigenvalue weighted by Gasteiger charge is 2.11. The van der Waals surface area contributed by atoms with Crippen LogP contribution < -0.4 is 5.56 Å². The Balaban J connectivity index is 2.00. The van der Waals surface area contributed by atoms with E-state index in [0.29, 0.717) is 28.1 Å². The minimum atomic E-state index is -0.252. The molecule has 0 bridgehead atoms. The van der Waals surface area contributed by atoms with Gasteiger partial charge in [0.15, 0.2) is 11.6 Å². The molecular weight excluding hydrogens is 292 g/mol. The molecule has 0 fully saturated rings. The third-order valence-corrected chi connectivity index (χ3v) is 3.48. The highest BCUT2D eigenvalue weighted by molar-refractivity contribution is 5.93. The van der Waals surface area contributed by atoms with Gasteiger partial charge in [-0.05, 0) is 36.8 Å². The number of rotatable bonds is 3. The topological polar surface area (TPSA) is 91.5 Å². The second-order valence-electron chi connectivity index (χ2n) is 4.98. The number of ketones is 1. The first-order valence-electron chi connectivity index (χ1n) is 6.88. The van der Waals surface area contributed by atoms with Crippen molar-refractivity contribution in [1.29, 1.82) is 5.26 Å². The van der Waals surface area contributed by atoms with Crippen LogP contribution in [0.4, 0.5) is 0 Å². The van der Waals surface area contributed by atoms with Gasteiger partial charge in [-0.15, -0.1) is 0 Å².